The van der Waals surface area contributed by atoms with Crippen LogP contribution in [0.3, 0.4) is 0 Å². The van der Waals surface area contributed by atoms with Crippen LogP contribution in [0.1, 0.15) is 20.3 Å². The molecule has 0 nitrogen and oxygen atoms in total. The van der Waals surface area contributed by atoms with Gasteiger partial charge in [-0.2, -0.15) is 0 Å². The standard InChI is InChI=1S/C13H16/c1-4-6-12(3)13-8-5-7-11(2)9-10-13/h4,6-10H,3,5H2,1-2H3/b6-4-. The molecule has 0 heterocycles. The third-order valence-corrected chi connectivity index (χ3v) is 2.04. The van der Waals surface area contributed by atoms with E-state index in [1.54, 1.807) is 0 Å². The van der Waals surface area contributed by atoms with Crippen LogP contribution in [0.5, 0.6) is 0 Å². The summed E-state index contributed by atoms with van der Waals surface area (Å²) in [5, 5.41) is 0. The maximum Gasteiger partial charge on any atom is -0.0154 e. The van der Waals surface area contributed by atoms with Crippen molar-refractivity contribution in [2.45, 2.75) is 20.3 Å². The van der Waals surface area contributed by atoms with Crippen LogP contribution in [0, 0.1) is 0 Å². The summed E-state index contributed by atoms with van der Waals surface area (Å²) in [6, 6.07) is 0. The summed E-state index contributed by atoms with van der Waals surface area (Å²) < 4.78 is 0. The smallest absolute Gasteiger partial charge is 0.0154 e. The van der Waals surface area contributed by atoms with Gasteiger partial charge in [0.15, 0.2) is 0 Å². The Balaban J connectivity index is 2.79. The van der Waals surface area contributed by atoms with Gasteiger partial charge in [-0.15, -0.1) is 0 Å². The highest BCUT2D eigenvalue weighted by Gasteiger charge is 1.97. The molecule has 0 atom stereocenters. The summed E-state index contributed by atoms with van der Waals surface area (Å²) in [6.45, 7) is 8.13. The predicted octanol–water partition coefficient (Wildman–Crippen LogP) is 3.95. The van der Waals surface area contributed by atoms with Crippen molar-refractivity contribution in [1.82, 2.24) is 0 Å². The summed E-state index contributed by atoms with van der Waals surface area (Å²) in [5.74, 6) is 0. The summed E-state index contributed by atoms with van der Waals surface area (Å²) >= 11 is 0. The summed E-state index contributed by atoms with van der Waals surface area (Å²) in [6.07, 6.45) is 13.7. The van der Waals surface area contributed by atoms with Gasteiger partial charge in [0.1, 0.15) is 0 Å². The average molecular weight is 172 g/mol. The molecule has 0 spiro atoms. The molecule has 1 rings (SSSR count). The van der Waals surface area contributed by atoms with E-state index in [2.05, 4.69) is 37.8 Å². The van der Waals surface area contributed by atoms with Crippen LogP contribution in [0.4, 0.5) is 0 Å². The van der Waals surface area contributed by atoms with Gasteiger partial charge in [0.05, 0.1) is 0 Å². The Labute approximate surface area is 80.7 Å². The quantitative estimate of drug-likeness (QED) is 0.553. The zero-order chi connectivity index (χ0) is 9.68. The molecule has 0 unspecified atom stereocenters. The fourth-order valence-corrected chi connectivity index (χ4v) is 1.26. The van der Waals surface area contributed by atoms with Gasteiger partial charge in [-0.1, -0.05) is 48.6 Å². The van der Waals surface area contributed by atoms with E-state index in [4.69, 9.17) is 0 Å². The molecule has 0 saturated heterocycles. The molecule has 0 aromatic carbocycles. The Bertz CT molecular complexity index is 309. The molecular formula is C13H16. The molecule has 1 aliphatic carbocycles. The van der Waals surface area contributed by atoms with Crippen molar-refractivity contribution < 1.29 is 0 Å². The summed E-state index contributed by atoms with van der Waals surface area (Å²) in [5.41, 5.74) is 3.63. The Morgan fingerprint density at radius 1 is 1.38 bits per heavy atom. The molecule has 0 bridgehead atoms. The van der Waals surface area contributed by atoms with Crippen molar-refractivity contribution >= 4 is 0 Å². The van der Waals surface area contributed by atoms with Gasteiger partial charge in [0.25, 0.3) is 0 Å². The first-order valence-electron chi connectivity index (χ1n) is 4.61. The van der Waals surface area contributed by atoms with Crippen LogP contribution in [0.25, 0.3) is 0 Å². The Morgan fingerprint density at radius 2 is 2.15 bits per heavy atom. The van der Waals surface area contributed by atoms with Gasteiger partial charge in [0.2, 0.25) is 0 Å². The molecule has 13 heavy (non-hydrogen) atoms. The fraction of sp³-hybridized carbons (Fsp3) is 0.231. The lowest BCUT2D eigenvalue weighted by molar-refractivity contribution is 1.33. The Hall–Kier alpha value is -1.30. The lowest BCUT2D eigenvalue weighted by atomic mass is 10.1. The lowest BCUT2D eigenvalue weighted by Gasteiger charge is -1.99. The normalized spacial score (nSPS) is 16.8. The number of allylic oxidation sites excluding steroid dienone is 9. The van der Waals surface area contributed by atoms with Gasteiger partial charge in [0, 0.05) is 0 Å². The van der Waals surface area contributed by atoms with Gasteiger partial charge in [-0.3, -0.25) is 0 Å². The first-order chi connectivity index (χ1) is 6.24. The van der Waals surface area contributed by atoms with Crippen LogP contribution in [0.2, 0.25) is 0 Å². The van der Waals surface area contributed by atoms with Crippen LogP contribution >= 0.6 is 0 Å². The molecule has 0 radical (unpaired) electrons. The zero-order valence-corrected chi connectivity index (χ0v) is 8.38. The van der Waals surface area contributed by atoms with Crippen molar-refractivity contribution in [3.63, 3.8) is 0 Å². The molecule has 0 aliphatic heterocycles. The van der Waals surface area contributed by atoms with Crippen molar-refractivity contribution in [2.24, 2.45) is 0 Å². The second kappa shape index (κ2) is 4.66. The molecule has 1 aliphatic rings. The number of hydrogen-bond donors (Lipinski definition) is 0. The van der Waals surface area contributed by atoms with Crippen LogP contribution < -0.4 is 0 Å². The molecule has 0 fully saturated rings. The van der Waals surface area contributed by atoms with Crippen molar-refractivity contribution in [1.29, 1.82) is 0 Å². The van der Waals surface area contributed by atoms with Gasteiger partial charge < -0.3 is 0 Å². The minimum absolute atomic E-state index is 1.00. The number of hydrogen-bond acceptors (Lipinski definition) is 0. The number of rotatable bonds is 2. The lowest BCUT2D eigenvalue weighted by Crippen LogP contribution is -1.79. The van der Waals surface area contributed by atoms with E-state index >= 15 is 0 Å². The Kier molecular flexibility index (Phi) is 3.51. The summed E-state index contributed by atoms with van der Waals surface area (Å²) in [7, 11) is 0. The second-order valence-electron chi connectivity index (χ2n) is 3.20. The molecule has 0 aromatic heterocycles. The minimum Gasteiger partial charge on any atom is -0.0912 e. The molecule has 0 aromatic rings. The molecule has 0 N–H and O–H groups in total. The summed E-state index contributed by atoms with van der Waals surface area (Å²) in [4.78, 5) is 0. The van der Waals surface area contributed by atoms with Gasteiger partial charge in [-0.25, -0.2) is 0 Å². The minimum atomic E-state index is 1.00. The highest BCUT2D eigenvalue weighted by molar-refractivity contribution is 5.47. The van der Waals surface area contributed by atoms with Crippen LogP contribution in [0.15, 0.2) is 59.8 Å². The highest BCUT2D eigenvalue weighted by Crippen LogP contribution is 2.16. The molecule has 0 saturated carbocycles. The molecule has 68 valence electrons. The fourth-order valence-electron chi connectivity index (χ4n) is 1.26. The predicted molar refractivity (Wildman–Crippen MR) is 59.6 cm³/mol. The van der Waals surface area contributed by atoms with Crippen LogP contribution in [-0.2, 0) is 0 Å². The zero-order valence-electron chi connectivity index (χ0n) is 8.38. The maximum atomic E-state index is 4.01. The second-order valence-corrected chi connectivity index (χ2v) is 3.20. The molecule has 0 amide bonds. The van der Waals surface area contributed by atoms with Crippen molar-refractivity contribution in [2.75, 3.05) is 0 Å². The third-order valence-electron chi connectivity index (χ3n) is 2.04. The molecular weight excluding hydrogens is 156 g/mol. The SMILES string of the molecule is C=C(/C=C\C)C1=CCC=C(C)C=C1. The maximum absolute atomic E-state index is 4.01. The van der Waals surface area contributed by atoms with Crippen LogP contribution in [-0.4, -0.2) is 0 Å². The molecule has 0 heteroatoms. The first-order valence-corrected chi connectivity index (χ1v) is 4.61. The highest BCUT2D eigenvalue weighted by atomic mass is 14.0. The van der Waals surface area contributed by atoms with Crippen molar-refractivity contribution in [3.8, 4) is 0 Å². The van der Waals surface area contributed by atoms with Gasteiger partial charge >= 0.3 is 0 Å². The average Bonchev–Trinajstić information content (AvgIpc) is 2.30. The van der Waals surface area contributed by atoms with E-state index < -0.39 is 0 Å². The Morgan fingerprint density at radius 3 is 2.85 bits per heavy atom. The van der Waals surface area contributed by atoms with E-state index in [0.717, 1.165) is 12.0 Å². The monoisotopic (exact) mass is 172 g/mol. The first kappa shape index (κ1) is 9.79. The van der Waals surface area contributed by atoms with Crippen molar-refractivity contribution in [3.05, 3.63) is 59.8 Å². The van der Waals surface area contributed by atoms with E-state index in [1.165, 1.54) is 11.1 Å². The largest absolute Gasteiger partial charge is 0.0912 e. The van der Waals surface area contributed by atoms with E-state index in [1.807, 2.05) is 19.1 Å². The third kappa shape index (κ3) is 2.90. The van der Waals surface area contributed by atoms with E-state index in [-0.39, 0.29) is 0 Å². The van der Waals surface area contributed by atoms with E-state index in [0.29, 0.717) is 0 Å². The topological polar surface area (TPSA) is 0 Å². The van der Waals surface area contributed by atoms with Gasteiger partial charge in [-0.05, 0) is 31.4 Å². The van der Waals surface area contributed by atoms with E-state index in [9.17, 15) is 0 Å².